The van der Waals surface area contributed by atoms with E-state index in [4.69, 9.17) is 4.42 Å². The standard InChI is InChI=1S/C20H25NO3/c1-15(22)14-17-8-5-13-21(17)20(23)12-10-18-9-11-19(24-18)16-6-3-2-4-7-16/h2-4,6-7,9,11,15,17,22H,5,8,10,12-14H2,1H3. The van der Waals surface area contributed by atoms with Crippen LogP contribution in [0.5, 0.6) is 0 Å². The second-order valence-corrected chi connectivity index (χ2v) is 6.60. The zero-order chi connectivity index (χ0) is 16.9. The van der Waals surface area contributed by atoms with E-state index in [1.54, 1.807) is 6.92 Å². The molecule has 0 saturated carbocycles. The number of rotatable bonds is 6. The van der Waals surface area contributed by atoms with Crippen molar-refractivity contribution in [2.45, 2.75) is 51.2 Å². The van der Waals surface area contributed by atoms with Crippen LogP contribution >= 0.6 is 0 Å². The van der Waals surface area contributed by atoms with E-state index < -0.39 is 0 Å². The molecule has 2 atom stereocenters. The normalized spacial score (nSPS) is 18.8. The Morgan fingerprint density at radius 3 is 2.83 bits per heavy atom. The third kappa shape index (κ3) is 4.06. The molecule has 0 radical (unpaired) electrons. The van der Waals surface area contributed by atoms with Crippen LogP contribution in [-0.2, 0) is 11.2 Å². The molecule has 4 nitrogen and oxygen atoms in total. The van der Waals surface area contributed by atoms with Gasteiger partial charge in [-0.1, -0.05) is 30.3 Å². The number of nitrogens with zero attached hydrogens (tertiary/aromatic N) is 1. The first kappa shape index (κ1) is 16.8. The molecule has 1 saturated heterocycles. The number of amides is 1. The van der Waals surface area contributed by atoms with E-state index >= 15 is 0 Å². The maximum Gasteiger partial charge on any atom is 0.223 e. The Hall–Kier alpha value is -2.07. The first-order valence-corrected chi connectivity index (χ1v) is 8.75. The molecule has 0 spiro atoms. The average Bonchev–Trinajstić information content (AvgIpc) is 3.22. The third-order valence-electron chi connectivity index (χ3n) is 4.62. The molecule has 1 N–H and O–H groups in total. The van der Waals surface area contributed by atoms with Crippen LogP contribution in [0.2, 0.25) is 0 Å². The van der Waals surface area contributed by atoms with Gasteiger partial charge in [-0.25, -0.2) is 0 Å². The van der Waals surface area contributed by atoms with Gasteiger partial charge in [0.05, 0.1) is 6.10 Å². The van der Waals surface area contributed by atoms with E-state index in [0.29, 0.717) is 19.3 Å². The quantitative estimate of drug-likeness (QED) is 0.881. The van der Waals surface area contributed by atoms with Gasteiger partial charge in [-0.15, -0.1) is 0 Å². The predicted octanol–water partition coefficient (Wildman–Crippen LogP) is 3.64. The van der Waals surface area contributed by atoms with Crippen molar-refractivity contribution in [3.8, 4) is 11.3 Å². The summed E-state index contributed by atoms with van der Waals surface area (Å²) in [6.07, 6.45) is 3.41. The van der Waals surface area contributed by atoms with Crippen molar-refractivity contribution >= 4 is 5.91 Å². The number of hydrogen-bond acceptors (Lipinski definition) is 3. The maximum atomic E-state index is 12.5. The van der Waals surface area contributed by atoms with Crippen LogP contribution < -0.4 is 0 Å². The van der Waals surface area contributed by atoms with Crippen molar-refractivity contribution in [3.05, 3.63) is 48.2 Å². The zero-order valence-electron chi connectivity index (χ0n) is 14.1. The highest BCUT2D eigenvalue weighted by atomic mass is 16.3. The highest BCUT2D eigenvalue weighted by Crippen LogP contribution is 2.25. The van der Waals surface area contributed by atoms with Crippen LogP contribution in [0.1, 0.15) is 38.4 Å². The fourth-order valence-corrected chi connectivity index (χ4v) is 3.45. The van der Waals surface area contributed by atoms with E-state index in [2.05, 4.69) is 0 Å². The molecule has 1 aromatic heterocycles. The molecule has 2 heterocycles. The number of benzene rings is 1. The molecule has 1 aliphatic heterocycles. The van der Waals surface area contributed by atoms with E-state index in [9.17, 15) is 9.90 Å². The van der Waals surface area contributed by atoms with Crippen LogP contribution in [-0.4, -0.2) is 34.6 Å². The lowest BCUT2D eigenvalue weighted by Crippen LogP contribution is -2.37. The summed E-state index contributed by atoms with van der Waals surface area (Å²) in [7, 11) is 0. The van der Waals surface area contributed by atoms with Crippen molar-refractivity contribution in [2.24, 2.45) is 0 Å². The van der Waals surface area contributed by atoms with Gasteiger partial charge in [0, 0.05) is 31.0 Å². The monoisotopic (exact) mass is 327 g/mol. The molecule has 1 aromatic carbocycles. The minimum absolute atomic E-state index is 0.163. The Morgan fingerprint density at radius 2 is 2.08 bits per heavy atom. The number of furan rings is 1. The fourth-order valence-electron chi connectivity index (χ4n) is 3.45. The summed E-state index contributed by atoms with van der Waals surface area (Å²) in [5.41, 5.74) is 1.05. The molecule has 0 bridgehead atoms. The number of carbonyl (C=O) groups is 1. The number of aryl methyl sites for hydroxylation is 1. The van der Waals surface area contributed by atoms with Gasteiger partial charge in [-0.2, -0.15) is 0 Å². The summed E-state index contributed by atoms with van der Waals surface area (Å²) in [5, 5.41) is 9.58. The van der Waals surface area contributed by atoms with Gasteiger partial charge in [0.2, 0.25) is 5.91 Å². The second-order valence-electron chi connectivity index (χ2n) is 6.60. The predicted molar refractivity (Wildman–Crippen MR) is 93.5 cm³/mol. The Labute approximate surface area is 143 Å². The summed E-state index contributed by atoms with van der Waals surface area (Å²) < 4.78 is 5.86. The number of aliphatic hydroxyl groups excluding tert-OH is 1. The lowest BCUT2D eigenvalue weighted by Gasteiger charge is -2.25. The molecule has 4 heteroatoms. The van der Waals surface area contributed by atoms with E-state index in [0.717, 1.165) is 36.5 Å². The molecule has 1 aliphatic rings. The summed E-state index contributed by atoms with van der Waals surface area (Å²) in [6.45, 7) is 2.60. The van der Waals surface area contributed by atoms with Crippen molar-refractivity contribution in [3.63, 3.8) is 0 Å². The highest BCUT2D eigenvalue weighted by molar-refractivity contribution is 5.77. The van der Waals surface area contributed by atoms with Crippen LogP contribution in [0.3, 0.4) is 0 Å². The van der Waals surface area contributed by atoms with Gasteiger partial charge in [-0.3, -0.25) is 4.79 Å². The topological polar surface area (TPSA) is 53.7 Å². The maximum absolute atomic E-state index is 12.5. The Bertz CT molecular complexity index is 663. The Morgan fingerprint density at radius 1 is 1.29 bits per heavy atom. The first-order valence-electron chi connectivity index (χ1n) is 8.75. The molecular formula is C20H25NO3. The summed E-state index contributed by atoms with van der Waals surface area (Å²) in [6, 6.07) is 14.1. The largest absolute Gasteiger partial charge is 0.461 e. The molecule has 0 aliphatic carbocycles. The lowest BCUT2D eigenvalue weighted by atomic mass is 10.1. The number of likely N-dealkylation sites (tertiary alicyclic amines) is 1. The molecule has 1 amide bonds. The SMILES string of the molecule is CC(O)CC1CCCN1C(=O)CCc1ccc(-c2ccccc2)o1. The van der Waals surface area contributed by atoms with Gasteiger partial charge in [0.15, 0.2) is 0 Å². The van der Waals surface area contributed by atoms with Crippen LogP contribution in [0.15, 0.2) is 46.9 Å². The highest BCUT2D eigenvalue weighted by Gasteiger charge is 2.29. The first-order chi connectivity index (χ1) is 11.6. The molecular weight excluding hydrogens is 302 g/mol. The van der Waals surface area contributed by atoms with Crippen LogP contribution in [0.4, 0.5) is 0 Å². The van der Waals surface area contributed by atoms with Crippen molar-refractivity contribution < 1.29 is 14.3 Å². The molecule has 2 aromatic rings. The van der Waals surface area contributed by atoms with E-state index in [1.807, 2.05) is 47.4 Å². The van der Waals surface area contributed by atoms with E-state index in [1.165, 1.54) is 0 Å². The van der Waals surface area contributed by atoms with Gasteiger partial charge in [-0.05, 0) is 38.3 Å². The Balaban J connectivity index is 1.56. The van der Waals surface area contributed by atoms with Crippen LogP contribution in [0, 0.1) is 0 Å². The summed E-state index contributed by atoms with van der Waals surface area (Å²) in [5.74, 6) is 1.84. The van der Waals surface area contributed by atoms with Crippen LogP contribution in [0.25, 0.3) is 11.3 Å². The summed E-state index contributed by atoms with van der Waals surface area (Å²) in [4.78, 5) is 14.4. The van der Waals surface area contributed by atoms with Gasteiger partial charge in [0.25, 0.3) is 0 Å². The summed E-state index contributed by atoms with van der Waals surface area (Å²) >= 11 is 0. The number of carbonyl (C=O) groups excluding carboxylic acids is 1. The lowest BCUT2D eigenvalue weighted by molar-refractivity contribution is -0.132. The smallest absolute Gasteiger partial charge is 0.223 e. The molecule has 2 unspecified atom stereocenters. The van der Waals surface area contributed by atoms with Crippen molar-refractivity contribution in [1.82, 2.24) is 4.90 Å². The molecule has 3 rings (SSSR count). The number of aliphatic hydroxyl groups is 1. The molecule has 128 valence electrons. The fraction of sp³-hybridized carbons (Fsp3) is 0.450. The van der Waals surface area contributed by atoms with Gasteiger partial charge < -0.3 is 14.4 Å². The van der Waals surface area contributed by atoms with Crippen molar-refractivity contribution in [1.29, 1.82) is 0 Å². The minimum atomic E-state index is -0.359. The molecule has 24 heavy (non-hydrogen) atoms. The van der Waals surface area contributed by atoms with Crippen molar-refractivity contribution in [2.75, 3.05) is 6.54 Å². The zero-order valence-corrected chi connectivity index (χ0v) is 14.1. The molecule has 1 fully saturated rings. The van der Waals surface area contributed by atoms with Gasteiger partial charge in [0.1, 0.15) is 11.5 Å². The number of hydrogen-bond donors (Lipinski definition) is 1. The average molecular weight is 327 g/mol. The Kier molecular flexibility index (Phi) is 5.36. The van der Waals surface area contributed by atoms with Gasteiger partial charge >= 0.3 is 0 Å². The minimum Gasteiger partial charge on any atom is -0.461 e. The third-order valence-corrected chi connectivity index (χ3v) is 4.62. The van der Waals surface area contributed by atoms with E-state index in [-0.39, 0.29) is 18.1 Å². The second kappa shape index (κ2) is 7.67.